The second-order valence-electron chi connectivity index (χ2n) is 21.2. The minimum Gasteiger partial charge on any atom is -0.404 e. The largest absolute Gasteiger partial charge is 0.476 e. The Labute approximate surface area is 429 Å². The van der Waals surface area contributed by atoms with E-state index in [0.717, 1.165) is 56.1 Å². The molecule has 11 atom stereocenters. The molecular formula is C52H79BN10O10. The molecule has 2 aromatic rings. The first kappa shape index (κ1) is 56.8. The summed E-state index contributed by atoms with van der Waals surface area (Å²) in [5.74, 6) is -4.63. The Bertz CT molecular complexity index is 2270. The maximum Gasteiger partial charge on any atom is 0.476 e. The van der Waals surface area contributed by atoms with Gasteiger partial charge in [-0.25, -0.2) is 0 Å². The number of hydrogen-bond acceptors (Lipinski definition) is 13. The normalized spacial score (nSPS) is 24.3. The number of carbonyl (C=O) groups is 7. The number of nitrogens with one attached hydrogen (secondary N) is 6. The number of benzene rings is 2. The van der Waals surface area contributed by atoms with E-state index in [9.17, 15) is 38.7 Å². The van der Waals surface area contributed by atoms with E-state index in [-0.39, 0.29) is 42.8 Å². The average molecular weight is 1020 g/mol. The third kappa shape index (κ3) is 14.0. The molecule has 0 spiro atoms. The monoisotopic (exact) mass is 1010 g/mol. The molecule has 2 heterocycles. The van der Waals surface area contributed by atoms with Gasteiger partial charge in [0.1, 0.15) is 18.1 Å². The summed E-state index contributed by atoms with van der Waals surface area (Å²) in [5.41, 5.74) is 20.7. The number of nitrogens with two attached hydrogens (primary N) is 3. The summed E-state index contributed by atoms with van der Waals surface area (Å²) in [6.45, 7) is 12.9. The van der Waals surface area contributed by atoms with Crippen molar-refractivity contribution in [3.05, 3.63) is 59.7 Å². The highest BCUT2D eigenvalue weighted by molar-refractivity contribution is 6.47. The molecule has 13 N–H and O–H groups in total. The molecule has 20 nitrogen and oxygen atoms in total. The number of aryl methyl sites for hydroxylation is 1. The number of aliphatic hydroxyl groups is 1. The summed E-state index contributed by atoms with van der Waals surface area (Å²) in [6.07, 6.45) is 3.41. The second-order valence-corrected chi connectivity index (χ2v) is 21.2. The number of nitrogens with zero attached hydrogens (tertiary/aromatic N) is 1. The van der Waals surface area contributed by atoms with Crippen LogP contribution < -0.4 is 49.1 Å². The van der Waals surface area contributed by atoms with Crippen molar-refractivity contribution in [3.8, 4) is 11.1 Å². The Hall–Kier alpha value is -5.45. The molecule has 21 heteroatoms. The first-order valence-corrected chi connectivity index (χ1v) is 26.2. The van der Waals surface area contributed by atoms with Crippen LogP contribution in [0, 0.1) is 17.3 Å². The molecule has 2 aliphatic heterocycles. The van der Waals surface area contributed by atoms with Gasteiger partial charge in [-0.05, 0) is 138 Å². The molecule has 2 aromatic carbocycles. The van der Waals surface area contributed by atoms with Crippen LogP contribution in [0.15, 0.2) is 48.5 Å². The topological polar surface area (TPSA) is 312 Å². The number of unbranched alkanes of at least 4 members (excludes halogenated alkanes) is 2. The van der Waals surface area contributed by atoms with E-state index in [4.69, 9.17) is 26.5 Å². The van der Waals surface area contributed by atoms with Crippen LogP contribution in [-0.4, -0.2) is 132 Å². The second kappa shape index (κ2) is 25.2. The smallest absolute Gasteiger partial charge is 0.404 e. The molecule has 73 heavy (non-hydrogen) atoms. The molecule has 400 valence electrons. The van der Waals surface area contributed by atoms with E-state index < -0.39 is 91.1 Å². The number of likely N-dealkylation sites (tertiary alicyclic amines) is 1. The lowest BCUT2D eigenvalue weighted by molar-refractivity contribution is -0.199. The predicted molar refractivity (Wildman–Crippen MR) is 275 cm³/mol. The minimum atomic E-state index is -1.81. The highest BCUT2D eigenvalue weighted by Gasteiger charge is 2.69. The molecule has 5 aliphatic rings. The molecule has 7 rings (SSSR count). The number of carbonyl (C=O) groups excluding carboxylic acids is 7. The van der Waals surface area contributed by atoms with E-state index in [1.165, 1.54) is 12.5 Å². The molecule has 0 aromatic heterocycles. The molecule has 3 saturated carbocycles. The van der Waals surface area contributed by atoms with Gasteiger partial charge in [0.15, 0.2) is 6.17 Å². The maximum atomic E-state index is 13.7. The van der Waals surface area contributed by atoms with Crippen molar-refractivity contribution in [2.24, 2.45) is 34.5 Å². The van der Waals surface area contributed by atoms with Crippen LogP contribution in [0.4, 0.5) is 0 Å². The lowest BCUT2D eigenvalue weighted by Crippen LogP contribution is -2.65. The molecule has 1 unspecified atom stereocenters. The highest BCUT2D eigenvalue weighted by Crippen LogP contribution is 2.66. The minimum absolute atomic E-state index is 0.0104. The number of hydrogen-bond donors (Lipinski definition) is 10. The van der Waals surface area contributed by atoms with E-state index >= 15 is 0 Å². The standard InChI is InChI=1S/C52H79BN10O10/c1-7-8-12-32-15-17-33(18-16-32)34-19-21-35(22-20-34)46(67)57-25-23-43(66)59-37(13-9-10-24-54)47(68)61-44(30(2)64)49(70)62-45(56)50(71)60-38(29-42(55)65)48(69)58-31(3)63-26-11-14-41(63)53-72-40-28-36-27-39(51(36,4)5)52(40,6)73-53/h15-22,30-31,36-41,44-45,64H,7-14,23-29,54,56H2,1-6H3,(H2,55,65)(H,57,67)(H,58,69)(H,59,66)(H,60,71)(H,61,68)(H,62,70)/t30-,31-,36+,37+,38+,39+,40?,41+,44+,45-,52+/m1/s1. The third-order valence-corrected chi connectivity index (χ3v) is 15.6. The van der Waals surface area contributed by atoms with Crippen molar-refractivity contribution < 1.29 is 48.0 Å². The van der Waals surface area contributed by atoms with Gasteiger partial charge in [0.2, 0.25) is 29.5 Å². The van der Waals surface area contributed by atoms with Gasteiger partial charge >= 0.3 is 7.12 Å². The van der Waals surface area contributed by atoms with Crippen molar-refractivity contribution in [1.82, 2.24) is 36.8 Å². The summed E-state index contributed by atoms with van der Waals surface area (Å²) in [7, 11) is -0.489. The zero-order chi connectivity index (χ0) is 53.2. The van der Waals surface area contributed by atoms with Crippen LogP contribution in [0.2, 0.25) is 0 Å². The van der Waals surface area contributed by atoms with Crippen LogP contribution in [0.1, 0.15) is 128 Å². The fraction of sp³-hybridized carbons (Fsp3) is 0.635. The zero-order valence-corrected chi connectivity index (χ0v) is 43.4. The van der Waals surface area contributed by atoms with Gasteiger partial charge in [-0.15, -0.1) is 0 Å². The Morgan fingerprint density at radius 3 is 2.14 bits per heavy atom. The Morgan fingerprint density at radius 2 is 1.51 bits per heavy atom. The van der Waals surface area contributed by atoms with Crippen molar-refractivity contribution >= 4 is 48.5 Å². The van der Waals surface area contributed by atoms with Crippen molar-refractivity contribution in [1.29, 1.82) is 0 Å². The fourth-order valence-electron chi connectivity index (χ4n) is 11.2. The predicted octanol–water partition coefficient (Wildman–Crippen LogP) is 1.25. The maximum absolute atomic E-state index is 13.7. The average Bonchev–Trinajstić information content (AvgIpc) is 3.99. The quantitative estimate of drug-likeness (QED) is 0.0361. The molecular weight excluding hydrogens is 935 g/mol. The number of primary amides is 1. The lowest BCUT2D eigenvalue weighted by atomic mass is 9.43. The summed E-state index contributed by atoms with van der Waals surface area (Å²) < 4.78 is 13.3. The van der Waals surface area contributed by atoms with Crippen LogP contribution in [-0.2, 0) is 44.5 Å². The first-order chi connectivity index (χ1) is 34.7. The zero-order valence-electron chi connectivity index (χ0n) is 43.4. The summed E-state index contributed by atoms with van der Waals surface area (Å²) in [4.78, 5) is 94.6. The van der Waals surface area contributed by atoms with Gasteiger partial charge in [0, 0.05) is 24.5 Å². The molecule has 0 radical (unpaired) electrons. The lowest BCUT2D eigenvalue weighted by Gasteiger charge is -2.64. The van der Waals surface area contributed by atoms with Gasteiger partial charge in [-0.2, -0.15) is 0 Å². The number of aliphatic hydroxyl groups excluding tert-OH is 1. The van der Waals surface area contributed by atoms with Crippen LogP contribution in [0.5, 0.6) is 0 Å². The van der Waals surface area contributed by atoms with Gasteiger partial charge < -0.3 is 63.5 Å². The van der Waals surface area contributed by atoms with Crippen molar-refractivity contribution in [3.63, 3.8) is 0 Å². The Morgan fingerprint density at radius 1 is 0.836 bits per heavy atom. The van der Waals surface area contributed by atoms with Gasteiger partial charge in [0.05, 0.1) is 30.4 Å². The van der Waals surface area contributed by atoms with E-state index in [1.807, 2.05) is 12.1 Å². The fourth-order valence-corrected chi connectivity index (χ4v) is 11.2. The molecule has 2 saturated heterocycles. The summed E-state index contributed by atoms with van der Waals surface area (Å²) in [5, 5.41) is 26.0. The highest BCUT2D eigenvalue weighted by atomic mass is 16.7. The van der Waals surface area contributed by atoms with Crippen LogP contribution in [0.3, 0.4) is 0 Å². The molecule has 3 aliphatic carbocycles. The van der Waals surface area contributed by atoms with E-state index in [2.05, 4.69) is 88.8 Å². The Kier molecular flexibility index (Phi) is 19.6. The van der Waals surface area contributed by atoms with Crippen molar-refractivity contribution in [2.45, 2.75) is 173 Å². The van der Waals surface area contributed by atoms with Gasteiger partial charge in [-0.3, -0.25) is 38.5 Å². The van der Waals surface area contributed by atoms with Crippen LogP contribution in [0.25, 0.3) is 11.1 Å². The molecule has 2 bridgehead atoms. The molecule has 5 fully saturated rings. The van der Waals surface area contributed by atoms with E-state index in [0.29, 0.717) is 43.3 Å². The number of amides is 7. The van der Waals surface area contributed by atoms with Crippen LogP contribution >= 0.6 is 0 Å². The van der Waals surface area contributed by atoms with Crippen molar-refractivity contribution in [2.75, 3.05) is 19.6 Å². The van der Waals surface area contributed by atoms with Gasteiger partial charge in [0.25, 0.3) is 11.8 Å². The number of rotatable bonds is 26. The summed E-state index contributed by atoms with van der Waals surface area (Å²) in [6, 6.07) is 11.2. The first-order valence-electron chi connectivity index (χ1n) is 26.2. The SMILES string of the molecule is CCCCc1ccc(-c2ccc(C(=O)NCCC(=O)N[C@@H](CCCCN)C(=O)N[C@H](C(=O)N[C@@H](N)C(=O)N[C@@H](CC(N)=O)C(=O)N[C@@H](C)N3CCC[C@H]3B3OC4C[C@@H]5C[C@@H](C5(C)C)[C@]4(C)O3)[C@@H](C)O)cc2)cc1. The Balaban J connectivity index is 0.978. The van der Waals surface area contributed by atoms with Gasteiger partial charge in [-0.1, -0.05) is 63.6 Å². The van der Waals surface area contributed by atoms with E-state index in [1.54, 1.807) is 19.1 Å². The summed E-state index contributed by atoms with van der Waals surface area (Å²) >= 11 is 0. The third-order valence-electron chi connectivity index (χ3n) is 15.6. The molecule has 7 amide bonds.